The fourth-order valence-electron chi connectivity index (χ4n) is 3.90. The van der Waals surface area contributed by atoms with Crippen LogP contribution in [0.15, 0.2) is 78.9 Å². The number of amides is 2. The second kappa shape index (κ2) is 12.7. The van der Waals surface area contributed by atoms with Crippen LogP contribution < -0.4 is 10.1 Å². The van der Waals surface area contributed by atoms with Gasteiger partial charge in [-0.1, -0.05) is 73.7 Å². The van der Waals surface area contributed by atoms with E-state index in [1.807, 2.05) is 107 Å². The number of hydrogen-bond donors (Lipinski definition) is 1. The molecule has 0 aliphatic heterocycles. The lowest BCUT2D eigenvalue weighted by Crippen LogP contribution is -2.53. The van der Waals surface area contributed by atoms with Gasteiger partial charge >= 0.3 is 0 Å². The van der Waals surface area contributed by atoms with Crippen molar-refractivity contribution in [3.8, 4) is 5.75 Å². The Labute approximate surface area is 209 Å². The first kappa shape index (κ1) is 26.0. The van der Waals surface area contributed by atoms with Crippen LogP contribution in [-0.2, 0) is 22.6 Å². The molecule has 3 aromatic rings. The van der Waals surface area contributed by atoms with Crippen LogP contribution in [0.1, 0.15) is 42.5 Å². The number of benzene rings is 3. The zero-order chi connectivity index (χ0) is 25.2. The van der Waals surface area contributed by atoms with Crippen LogP contribution in [0, 0.1) is 13.8 Å². The average molecular weight is 473 g/mol. The van der Waals surface area contributed by atoms with E-state index >= 15 is 0 Å². The first-order valence-corrected chi connectivity index (χ1v) is 12.2. The predicted octanol–water partition coefficient (Wildman–Crippen LogP) is 5.24. The molecule has 2 atom stereocenters. The lowest BCUT2D eigenvalue weighted by molar-refractivity contribution is -0.143. The standard InChI is InChI=1S/C30H36N2O3/c1-5-24(4)31-30(34)28(19-25-14-7-6-8-15-25)32(20-26-16-10-9-13-23(26)3)29(33)21-35-27-17-11-12-22(2)18-27/h6-18,24,28H,5,19-21H2,1-4H3,(H,31,34)/t24-,28+/m0/s1. The number of nitrogens with zero attached hydrogens (tertiary/aromatic N) is 1. The van der Waals surface area contributed by atoms with E-state index in [-0.39, 0.29) is 24.5 Å². The molecule has 0 spiro atoms. The van der Waals surface area contributed by atoms with E-state index in [9.17, 15) is 9.59 Å². The predicted molar refractivity (Wildman–Crippen MR) is 140 cm³/mol. The summed E-state index contributed by atoms with van der Waals surface area (Å²) in [5.41, 5.74) is 4.14. The summed E-state index contributed by atoms with van der Waals surface area (Å²) in [5.74, 6) is 0.258. The minimum Gasteiger partial charge on any atom is -0.484 e. The van der Waals surface area contributed by atoms with Crippen LogP contribution >= 0.6 is 0 Å². The van der Waals surface area contributed by atoms with E-state index in [0.29, 0.717) is 18.7 Å². The smallest absolute Gasteiger partial charge is 0.261 e. The van der Waals surface area contributed by atoms with Gasteiger partial charge in [-0.2, -0.15) is 0 Å². The first-order chi connectivity index (χ1) is 16.9. The highest BCUT2D eigenvalue weighted by Crippen LogP contribution is 2.18. The number of carbonyl (C=O) groups excluding carboxylic acids is 2. The number of aryl methyl sites for hydroxylation is 2. The molecule has 0 radical (unpaired) electrons. The zero-order valence-corrected chi connectivity index (χ0v) is 21.2. The molecule has 3 rings (SSSR count). The van der Waals surface area contributed by atoms with Crippen LogP contribution in [0.3, 0.4) is 0 Å². The maximum absolute atomic E-state index is 13.6. The minimum atomic E-state index is -0.667. The minimum absolute atomic E-state index is 0.0136. The van der Waals surface area contributed by atoms with E-state index in [2.05, 4.69) is 5.32 Å². The third kappa shape index (κ3) is 7.71. The molecule has 5 nitrogen and oxygen atoms in total. The van der Waals surface area contributed by atoms with E-state index < -0.39 is 6.04 Å². The third-order valence-corrected chi connectivity index (χ3v) is 6.23. The lowest BCUT2D eigenvalue weighted by Gasteiger charge is -2.32. The molecule has 3 aromatic carbocycles. The van der Waals surface area contributed by atoms with Crippen molar-refractivity contribution in [2.45, 2.75) is 59.2 Å². The van der Waals surface area contributed by atoms with Gasteiger partial charge in [0, 0.05) is 19.0 Å². The number of carbonyl (C=O) groups is 2. The molecular formula is C30H36N2O3. The van der Waals surface area contributed by atoms with E-state index in [4.69, 9.17) is 4.74 Å². The van der Waals surface area contributed by atoms with Crippen molar-refractivity contribution < 1.29 is 14.3 Å². The SMILES string of the molecule is CC[C@H](C)NC(=O)[C@@H](Cc1ccccc1)N(Cc1ccccc1C)C(=O)COc1cccc(C)c1. The molecule has 184 valence electrons. The normalized spacial score (nSPS) is 12.5. The Morgan fingerprint density at radius 2 is 1.66 bits per heavy atom. The molecule has 0 unspecified atom stereocenters. The Balaban J connectivity index is 1.92. The molecule has 0 heterocycles. The average Bonchev–Trinajstić information content (AvgIpc) is 2.86. The molecule has 0 saturated heterocycles. The van der Waals surface area contributed by atoms with Crippen molar-refractivity contribution in [3.63, 3.8) is 0 Å². The van der Waals surface area contributed by atoms with E-state index in [0.717, 1.165) is 28.7 Å². The van der Waals surface area contributed by atoms with Crippen molar-refractivity contribution in [1.29, 1.82) is 0 Å². The maximum Gasteiger partial charge on any atom is 0.261 e. The van der Waals surface area contributed by atoms with Gasteiger partial charge in [0.2, 0.25) is 5.91 Å². The Morgan fingerprint density at radius 1 is 0.943 bits per heavy atom. The molecule has 5 heteroatoms. The second-order valence-electron chi connectivity index (χ2n) is 9.08. The molecule has 1 N–H and O–H groups in total. The van der Waals surface area contributed by atoms with Crippen molar-refractivity contribution in [2.24, 2.45) is 0 Å². The molecule has 0 fully saturated rings. The molecule has 0 bridgehead atoms. The summed E-state index contributed by atoms with van der Waals surface area (Å²) < 4.78 is 5.86. The fraction of sp³-hybridized carbons (Fsp3) is 0.333. The van der Waals surface area contributed by atoms with Gasteiger partial charge in [0.05, 0.1) is 0 Å². The largest absolute Gasteiger partial charge is 0.484 e. The van der Waals surface area contributed by atoms with Gasteiger partial charge in [0.1, 0.15) is 11.8 Å². The second-order valence-corrected chi connectivity index (χ2v) is 9.08. The highest BCUT2D eigenvalue weighted by atomic mass is 16.5. The fourth-order valence-corrected chi connectivity index (χ4v) is 3.90. The molecule has 0 saturated carbocycles. The summed E-state index contributed by atoms with van der Waals surface area (Å²) in [4.78, 5) is 28.8. The lowest BCUT2D eigenvalue weighted by atomic mass is 10.0. The summed E-state index contributed by atoms with van der Waals surface area (Å²) >= 11 is 0. The molecule has 0 aliphatic rings. The van der Waals surface area contributed by atoms with Crippen molar-refractivity contribution in [3.05, 3.63) is 101 Å². The Bertz CT molecular complexity index is 1110. The van der Waals surface area contributed by atoms with Gasteiger partial charge in [-0.05, 0) is 61.6 Å². The summed E-state index contributed by atoms with van der Waals surface area (Å²) in [5, 5.41) is 3.09. The van der Waals surface area contributed by atoms with E-state index in [1.165, 1.54) is 0 Å². The maximum atomic E-state index is 13.6. The van der Waals surface area contributed by atoms with Gasteiger partial charge in [0.25, 0.3) is 5.91 Å². The molecular weight excluding hydrogens is 436 g/mol. The van der Waals surface area contributed by atoms with Gasteiger partial charge < -0.3 is 15.0 Å². The topological polar surface area (TPSA) is 58.6 Å². The van der Waals surface area contributed by atoms with Crippen LogP contribution in [0.25, 0.3) is 0 Å². The van der Waals surface area contributed by atoms with Crippen LogP contribution in [0.4, 0.5) is 0 Å². The van der Waals surface area contributed by atoms with Crippen LogP contribution in [0.2, 0.25) is 0 Å². The quantitative estimate of drug-likeness (QED) is 0.415. The van der Waals surface area contributed by atoms with E-state index in [1.54, 1.807) is 4.90 Å². The Morgan fingerprint density at radius 3 is 2.34 bits per heavy atom. The highest BCUT2D eigenvalue weighted by molar-refractivity contribution is 5.88. The number of nitrogens with one attached hydrogen (secondary N) is 1. The summed E-state index contributed by atoms with van der Waals surface area (Å²) in [6, 6.07) is 24.7. The van der Waals surface area contributed by atoms with Gasteiger partial charge in [-0.15, -0.1) is 0 Å². The number of hydrogen-bond acceptors (Lipinski definition) is 3. The van der Waals surface area contributed by atoms with Crippen LogP contribution in [-0.4, -0.2) is 35.4 Å². The zero-order valence-electron chi connectivity index (χ0n) is 21.2. The van der Waals surface area contributed by atoms with Crippen molar-refractivity contribution in [1.82, 2.24) is 10.2 Å². The first-order valence-electron chi connectivity index (χ1n) is 12.2. The van der Waals surface area contributed by atoms with Crippen LogP contribution in [0.5, 0.6) is 5.75 Å². The van der Waals surface area contributed by atoms with Crippen molar-refractivity contribution >= 4 is 11.8 Å². The molecule has 35 heavy (non-hydrogen) atoms. The third-order valence-electron chi connectivity index (χ3n) is 6.23. The number of ether oxygens (including phenoxy) is 1. The van der Waals surface area contributed by atoms with Gasteiger partial charge in [-0.25, -0.2) is 0 Å². The Kier molecular flexibility index (Phi) is 9.47. The summed E-state index contributed by atoms with van der Waals surface area (Å²) in [7, 11) is 0. The monoisotopic (exact) mass is 472 g/mol. The van der Waals surface area contributed by atoms with Gasteiger partial charge in [0.15, 0.2) is 6.61 Å². The Hall–Kier alpha value is -3.60. The van der Waals surface area contributed by atoms with Gasteiger partial charge in [-0.3, -0.25) is 9.59 Å². The highest BCUT2D eigenvalue weighted by Gasteiger charge is 2.31. The molecule has 0 aliphatic carbocycles. The molecule has 0 aromatic heterocycles. The summed E-state index contributed by atoms with van der Waals surface area (Å²) in [6.45, 7) is 8.20. The van der Waals surface area contributed by atoms with Crippen molar-refractivity contribution in [2.75, 3.05) is 6.61 Å². The summed E-state index contributed by atoms with van der Waals surface area (Å²) in [6.07, 6.45) is 1.23. The molecule has 2 amide bonds. The number of rotatable bonds is 11.